The molecule has 4 rings (SSSR count). The lowest BCUT2D eigenvalue weighted by molar-refractivity contribution is -0.0981. The molecule has 0 bridgehead atoms. The highest BCUT2D eigenvalue weighted by molar-refractivity contribution is 6.33. The molecule has 1 aromatic rings. The van der Waals surface area contributed by atoms with Gasteiger partial charge in [0, 0.05) is 18.8 Å². The molecule has 1 spiro atoms. The number of fused-ring (bicyclic) bond motifs is 3. The number of carbonyl (C=O) groups is 1. The van der Waals surface area contributed by atoms with E-state index >= 15 is 0 Å². The van der Waals surface area contributed by atoms with E-state index in [1.54, 1.807) is 0 Å². The summed E-state index contributed by atoms with van der Waals surface area (Å²) < 4.78 is 69.4. The molecule has 0 saturated heterocycles. The van der Waals surface area contributed by atoms with Crippen molar-refractivity contribution in [2.75, 3.05) is 6.54 Å². The first-order chi connectivity index (χ1) is 13.1. The Labute approximate surface area is 160 Å². The number of alkyl halides is 5. The van der Waals surface area contributed by atoms with Gasteiger partial charge in [-0.25, -0.2) is 4.98 Å². The molecule has 2 aliphatic heterocycles. The molecule has 28 heavy (non-hydrogen) atoms. The number of rotatable bonds is 2. The number of pyridine rings is 1. The number of ketones is 1. The van der Waals surface area contributed by atoms with Gasteiger partial charge < -0.3 is 9.64 Å². The molecule has 0 aromatic carbocycles. The van der Waals surface area contributed by atoms with Crippen LogP contribution in [0.1, 0.15) is 28.8 Å². The number of hydrogen-bond acceptors (Lipinski definition) is 5. The van der Waals surface area contributed by atoms with Crippen LogP contribution in [0.15, 0.2) is 40.9 Å². The summed E-state index contributed by atoms with van der Waals surface area (Å²) in [4.78, 5) is 21.7. The smallest absolute Gasteiger partial charge is 0.417 e. The number of amidine groups is 1. The first-order valence-corrected chi connectivity index (χ1v) is 8.49. The van der Waals surface area contributed by atoms with Crippen molar-refractivity contribution in [1.29, 1.82) is 0 Å². The fourth-order valence-electron chi connectivity index (χ4n) is 3.66. The van der Waals surface area contributed by atoms with E-state index in [1.165, 1.54) is 12.3 Å². The summed E-state index contributed by atoms with van der Waals surface area (Å²) in [6, 6.07) is 1.52. The highest BCUT2D eigenvalue weighted by Crippen LogP contribution is 2.46. The maximum atomic E-state index is 13.2. The quantitative estimate of drug-likeness (QED) is 0.532. The molecule has 3 heterocycles. The van der Waals surface area contributed by atoms with Gasteiger partial charge in [0.2, 0.25) is 0 Å². The van der Waals surface area contributed by atoms with Crippen LogP contribution in [0, 0.1) is 0 Å². The highest BCUT2D eigenvalue weighted by Gasteiger charge is 2.49. The van der Waals surface area contributed by atoms with Gasteiger partial charge in [0.05, 0.1) is 17.7 Å². The van der Waals surface area contributed by atoms with Crippen molar-refractivity contribution in [3.8, 4) is 0 Å². The minimum absolute atomic E-state index is 0.0298. The molecule has 1 aromatic heterocycles. The number of nitrogens with zero attached hydrogens (tertiary/aromatic N) is 3. The number of halogens is 6. The van der Waals surface area contributed by atoms with E-state index in [-0.39, 0.29) is 41.7 Å². The van der Waals surface area contributed by atoms with Crippen LogP contribution in [-0.2, 0) is 10.3 Å². The normalized spacial score (nSPS) is 24.0. The van der Waals surface area contributed by atoms with Crippen LogP contribution in [-0.4, -0.2) is 40.8 Å². The van der Waals surface area contributed by atoms with Crippen molar-refractivity contribution in [3.63, 3.8) is 0 Å². The van der Waals surface area contributed by atoms with Crippen molar-refractivity contribution in [2.45, 2.75) is 31.2 Å². The molecule has 0 N–H and O–H groups in total. The van der Waals surface area contributed by atoms with Crippen LogP contribution >= 0.6 is 11.6 Å². The van der Waals surface area contributed by atoms with Crippen LogP contribution in [0.5, 0.6) is 0 Å². The Morgan fingerprint density at radius 2 is 2.07 bits per heavy atom. The van der Waals surface area contributed by atoms with E-state index in [2.05, 4.69) is 14.7 Å². The maximum absolute atomic E-state index is 13.2. The van der Waals surface area contributed by atoms with Crippen molar-refractivity contribution in [3.05, 3.63) is 52.2 Å². The first-order valence-electron chi connectivity index (χ1n) is 8.11. The average Bonchev–Trinajstić information content (AvgIpc) is 2.97. The second-order valence-corrected chi connectivity index (χ2v) is 6.87. The van der Waals surface area contributed by atoms with Crippen LogP contribution in [0.3, 0.4) is 0 Å². The Kier molecular flexibility index (Phi) is 4.22. The highest BCUT2D eigenvalue weighted by atomic mass is 35.5. The van der Waals surface area contributed by atoms with E-state index in [4.69, 9.17) is 11.6 Å². The minimum atomic E-state index is -4.76. The summed E-state index contributed by atoms with van der Waals surface area (Å²) in [6.45, 7) is -3.40. The fourth-order valence-corrected chi connectivity index (χ4v) is 3.92. The Morgan fingerprint density at radius 1 is 1.32 bits per heavy atom. The fraction of sp³-hybridized carbons (Fsp3) is 0.353. The van der Waals surface area contributed by atoms with E-state index < -0.39 is 29.7 Å². The maximum Gasteiger partial charge on any atom is 0.417 e. The van der Waals surface area contributed by atoms with Gasteiger partial charge in [-0.3, -0.25) is 9.79 Å². The zero-order valence-corrected chi connectivity index (χ0v) is 14.7. The molecule has 0 radical (unpaired) electrons. The number of ether oxygens (including phenoxy) is 1. The van der Waals surface area contributed by atoms with Crippen molar-refractivity contribution in [1.82, 2.24) is 9.88 Å². The Balaban J connectivity index is 1.84. The zero-order chi connectivity index (χ0) is 20.3. The van der Waals surface area contributed by atoms with Gasteiger partial charge in [0.1, 0.15) is 10.7 Å². The summed E-state index contributed by atoms with van der Waals surface area (Å²) in [5.41, 5.74) is -1.70. The summed E-state index contributed by atoms with van der Waals surface area (Å²) in [5.74, 6) is -1.09. The topological polar surface area (TPSA) is 54.8 Å². The zero-order valence-electron chi connectivity index (χ0n) is 13.9. The standard InChI is InChI=1S/C17H11ClF5N3O2/c18-13-12-9(2-4-24-13)16(3-1-10(12)27)7-26-6-8(17(21,22)23)5-11(14(26)25-16)28-15(19)20/h2,4-6,15H,1,3,7H2. The largest absolute Gasteiger partial charge is 0.431 e. The van der Waals surface area contributed by atoms with E-state index in [0.717, 1.165) is 11.1 Å². The molecule has 0 saturated carbocycles. The molecule has 5 nitrogen and oxygen atoms in total. The SMILES string of the molecule is O=C1CCC2(CN3C=C(C(F)(F)F)C=C(OC(F)F)C3=N2)c2ccnc(Cl)c21. The number of aromatic nitrogens is 1. The lowest BCUT2D eigenvalue weighted by Gasteiger charge is -2.33. The number of allylic oxidation sites excluding steroid dienone is 2. The first kappa shape index (κ1) is 18.9. The van der Waals surface area contributed by atoms with Crippen LogP contribution in [0.4, 0.5) is 22.0 Å². The molecule has 0 fully saturated rings. The minimum Gasteiger partial charge on any atom is -0.431 e. The van der Waals surface area contributed by atoms with Gasteiger partial charge in [-0.05, 0) is 24.1 Å². The summed E-state index contributed by atoms with van der Waals surface area (Å²) in [7, 11) is 0. The number of carbonyl (C=O) groups excluding carboxylic acids is 1. The van der Waals surface area contributed by atoms with E-state index in [9.17, 15) is 26.7 Å². The second-order valence-electron chi connectivity index (χ2n) is 6.51. The molecule has 1 aliphatic carbocycles. The molecular weight excluding hydrogens is 409 g/mol. The van der Waals surface area contributed by atoms with E-state index in [0.29, 0.717) is 11.6 Å². The van der Waals surface area contributed by atoms with Gasteiger partial charge in [-0.15, -0.1) is 0 Å². The van der Waals surface area contributed by atoms with Gasteiger partial charge in [-0.1, -0.05) is 11.6 Å². The van der Waals surface area contributed by atoms with Gasteiger partial charge >= 0.3 is 12.8 Å². The van der Waals surface area contributed by atoms with Crippen molar-refractivity contribution in [2.24, 2.45) is 4.99 Å². The Morgan fingerprint density at radius 3 is 2.75 bits per heavy atom. The molecule has 1 unspecified atom stereocenters. The Bertz CT molecular complexity index is 957. The predicted octanol–water partition coefficient (Wildman–Crippen LogP) is 4.20. The molecule has 148 valence electrons. The monoisotopic (exact) mass is 419 g/mol. The van der Waals surface area contributed by atoms with Gasteiger partial charge in [0.25, 0.3) is 0 Å². The number of hydrogen-bond donors (Lipinski definition) is 0. The summed E-state index contributed by atoms with van der Waals surface area (Å²) in [5, 5.41) is -0.0298. The summed E-state index contributed by atoms with van der Waals surface area (Å²) >= 11 is 6.04. The lowest BCUT2D eigenvalue weighted by atomic mass is 9.77. The summed E-state index contributed by atoms with van der Waals surface area (Å²) in [6.07, 6.45) is -1.86. The van der Waals surface area contributed by atoms with Gasteiger partial charge in [-0.2, -0.15) is 22.0 Å². The molecule has 0 amide bonds. The third kappa shape index (κ3) is 2.95. The third-order valence-electron chi connectivity index (χ3n) is 4.82. The number of aliphatic imine (C=N–C) groups is 1. The van der Waals surface area contributed by atoms with Crippen LogP contribution in [0.25, 0.3) is 0 Å². The third-order valence-corrected chi connectivity index (χ3v) is 5.11. The predicted molar refractivity (Wildman–Crippen MR) is 87.9 cm³/mol. The molecular formula is C17H11ClF5N3O2. The Hall–Kier alpha value is -2.49. The molecule has 1 atom stereocenters. The second kappa shape index (κ2) is 6.26. The molecule has 3 aliphatic rings. The van der Waals surface area contributed by atoms with Crippen LogP contribution in [0.2, 0.25) is 5.15 Å². The number of Topliss-reactive ketones (excluding diaryl/α,β-unsaturated/α-hetero) is 1. The lowest BCUT2D eigenvalue weighted by Crippen LogP contribution is -2.38. The van der Waals surface area contributed by atoms with Crippen molar-refractivity contribution < 1.29 is 31.5 Å². The van der Waals surface area contributed by atoms with Crippen LogP contribution < -0.4 is 0 Å². The van der Waals surface area contributed by atoms with E-state index in [1.807, 2.05) is 0 Å². The van der Waals surface area contributed by atoms with Gasteiger partial charge in [0.15, 0.2) is 17.4 Å². The average molecular weight is 420 g/mol. The molecule has 11 heteroatoms. The van der Waals surface area contributed by atoms with Crippen molar-refractivity contribution >= 4 is 23.2 Å².